The second-order valence-corrected chi connectivity index (χ2v) is 10.5. The molecule has 1 aliphatic carbocycles. The van der Waals surface area contributed by atoms with Crippen molar-refractivity contribution >= 4 is 21.6 Å². The number of hydrogen-bond donors (Lipinski definition) is 0. The molecule has 7 nitrogen and oxygen atoms in total. The maximum atomic E-state index is 15.1. The molecule has 9 heteroatoms. The first-order valence-electron chi connectivity index (χ1n) is 11.2. The monoisotopic (exact) mass is 475 g/mol. The molecule has 1 amide bonds. The van der Waals surface area contributed by atoms with Gasteiger partial charge in [-0.05, 0) is 37.1 Å². The molecule has 33 heavy (non-hydrogen) atoms. The highest BCUT2D eigenvalue weighted by Gasteiger charge is 2.35. The minimum absolute atomic E-state index is 0.0194. The van der Waals surface area contributed by atoms with Crippen LogP contribution in [0.25, 0.3) is 0 Å². The Morgan fingerprint density at radius 3 is 2.42 bits per heavy atom. The van der Waals surface area contributed by atoms with Crippen molar-refractivity contribution in [2.75, 3.05) is 38.2 Å². The molecule has 1 heterocycles. The smallest absolute Gasteiger partial charge is 0.243 e. The van der Waals surface area contributed by atoms with E-state index in [1.165, 1.54) is 23.5 Å². The molecule has 0 spiro atoms. The number of nitrogens with zero attached hydrogens (tertiary/aromatic N) is 3. The maximum absolute atomic E-state index is 15.1. The number of anilines is 1. The van der Waals surface area contributed by atoms with E-state index in [9.17, 15) is 13.2 Å². The molecule has 1 saturated carbocycles. The Morgan fingerprint density at radius 1 is 1.12 bits per heavy atom. The number of sulfonamides is 1. The normalized spacial score (nSPS) is 17.2. The molecule has 1 saturated heterocycles. The molecule has 2 aliphatic rings. The number of benzene rings is 2. The van der Waals surface area contributed by atoms with Gasteiger partial charge in [0.1, 0.15) is 11.6 Å². The van der Waals surface area contributed by atoms with Crippen LogP contribution in [0.3, 0.4) is 0 Å². The Hall–Kier alpha value is -2.65. The van der Waals surface area contributed by atoms with E-state index in [0.29, 0.717) is 37.5 Å². The third-order valence-corrected chi connectivity index (χ3v) is 8.48. The molecule has 0 atom stereocenters. The second-order valence-electron chi connectivity index (χ2n) is 8.58. The van der Waals surface area contributed by atoms with E-state index < -0.39 is 15.8 Å². The summed E-state index contributed by atoms with van der Waals surface area (Å²) in [6.07, 6.45) is 2.50. The van der Waals surface area contributed by atoms with Crippen LogP contribution in [0.5, 0.6) is 5.75 Å². The molecule has 0 unspecified atom stereocenters. The van der Waals surface area contributed by atoms with E-state index in [2.05, 4.69) is 0 Å². The van der Waals surface area contributed by atoms with Crippen LogP contribution in [-0.2, 0) is 21.4 Å². The summed E-state index contributed by atoms with van der Waals surface area (Å²) in [6, 6.07) is 11.2. The summed E-state index contributed by atoms with van der Waals surface area (Å²) in [5.41, 5.74) is 1.09. The lowest BCUT2D eigenvalue weighted by Crippen LogP contribution is -2.48. The molecule has 178 valence electrons. The first kappa shape index (κ1) is 23.5. The Balaban J connectivity index is 1.54. The van der Waals surface area contributed by atoms with Gasteiger partial charge < -0.3 is 14.5 Å². The Labute approximate surface area is 194 Å². The van der Waals surface area contributed by atoms with Crippen molar-refractivity contribution in [1.29, 1.82) is 0 Å². The van der Waals surface area contributed by atoms with E-state index in [1.807, 2.05) is 11.0 Å². The van der Waals surface area contributed by atoms with Gasteiger partial charge in [-0.1, -0.05) is 18.6 Å². The van der Waals surface area contributed by atoms with Gasteiger partial charge in [-0.2, -0.15) is 4.31 Å². The number of halogens is 1. The third-order valence-electron chi connectivity index (χ3n) is 6.58. The lowest BCUT2D eigenvalue weighted by molar-refractivity contribution is -0.129. The van der Waals surface area contributed by atoms with E-state index in [1.54, 1.807) is 36.1 Å². The van der Waals surface area contributed by atoms with Gasteiger partial charge in [0.15, 0.2) is 0 Å². The number of amides is 1. The minimum atomic E-state index is -3.81. The van der Waals surface area contributed by atoms with E-state index >= 15 is 4.39 Å². The number of hydrogen-bond acceptors (Lipinski definition) is 5. The van der Waals surface area contributed by atoms with Crippen LogP contribution in [0.15, 0.2) is 47.4 Å². The van der Waals surface area contributed by atoms with Gasteiger partial charge in [-0.15, -0.1) is 0 Å². The first-order chi connectivity index (χ1) is 15.8. The zero-order chi connectivity index (χ0) is 23.6. The third kappa shape index (κ3) is 4.99. The van der Waals surface area contributed by atoms with Crippen molar-refractivity contribution in [1.82, 2.24) is 9.21 Å². The predicted octanol–water partition coefficient (Wildman–Crippen LogP) is 3.25. The minimum Gasteiger partial charge on any atom is -0.497 e. The Morgan fingerprint density at radius 2 is 1.85 bits per heavy atom. The van der Waals surface area contributed by atoms with Crippen LogP contribution < -0.4 is 9.64 Å². The van der Waals surface area contributed by atoms with Crippen molar-refractivity contribution in [2.45, 2.75) is 43.7 Å². The molecule has 0 bridgehead atoms. The van der Waals surface area contributed by atoms with E-state index in [4.69, 9.17) is 4.74 Å². The van der Waals surface area contributed by atoms with E-state index in [0.717, 1.165) is 24.9 Å². The summed E-state index contributed by atoms with van der Waals surface area (Å²) < 4.78 is 48.7. The number of carbonyl (C=O) groups is 1. The summed E-state index contributed by atoms with van der Waals surface area (Å²) >= 11 is 0. The zero-order valence-electron chi connectivity index (χ0n) is 19.0. The number of carbonyl (C=O) groups excluding carboxylic acids is 1. The quantitative estimate of drug-likeness (QED) is 0.615. The molecule has 1 aliphatic heterocycles. The van der Waals surface area contributed by atoms with Crippen LogP contribution in [0.1, 0.15) is 31.7 Å². The molecule has 0 N–H and O–H groups in total. The van der Waals surface area contributed by atoms with Gasteiger partial charge in [-0.3, -0.25) is 4.79 Å². The maximum Gasteiger partial charge on any atom is 0.243 e. The summed E-state index contributed by atoms with van der Waals surface area (Å²) in [5, 5.41) is 0. The van der Waals surface area contributed by atoms with Crippen LogP contribution in [-0.4, -0.2) is 62.9 Å². The number of methoxy groups -OCH3 is 1. The van der Waals surface area contributed by atoms with Crippen LogP contribution >= 0.6 is 0 Å². The highest BCUT2D eigenvalue weighted by atomic mass is 32.2. The van der Waals surface area contributed by atoms with Crippen molar-refractivity contribution in [3.8, 4) is 5.75 Å². The molecule has 2 aromatic rings. The van der Waals surface area contributed by atoms with Gasteiger partial charge >= 0.3 is 0 Å². The second kappa shape index (κ2) is 9.69. The van der Waals surface area contributed by atoms with Crippen molar-refractivity contribution < 1.29 is 22.3 Å². The summed E-state index contributed by atoms with van der Waals surface area (Å²) in [6.45, 7) is 4.01. The fourth-order valence-electron chi connectivity index (χ4n) is 4.29. The van der Waals surface area contributed by atoms with E-state index in [-0.39, 0.29) is 23.4 Å². The van der Waals surface area contributed by atoms with Crippen LogP contribution in [0, 0.1) is 5.82 Å². The molecule has 2 fully saturated rings. The standard InChI is InChI=1S/C24H30FN3O4S/c1-18(29)26-11-13-27(14-12-26)21-10-9-19(24(25)15-21)17-28(20-5-3-6-20)33(30,31)23-8-4-7-22(16-23)32-2/h4,7-10,15-16,20H,3,5-6,11-14,17H2,1-2H3. The largest absolute Gasteiger partial charge is 0.497 e. The average Bonchev–Trinajstić information content (AvgIpc) is 2.78. The van der Waals surface area contributed by atoms with Gasteiger partial charge in [0.05, 0.1) is 12.0 Å². The lowest BCUT2D eigenvalue weighted by Gasteiger charge is -2.37. The fourth-order valence-corrected chi connectivity index (χ4v) is 5.99. The van der Waals surface area contributed by atoms with Crippen molar-refractivity contribution in [3.05, 3.63) is 53.8 Å². The predicted molar refractivity (Wildman–Crippen MR) is 124 cm³/mol. The Bertz CT molecular complexity index is 1110. The zero-order valence-corrected chi connectivity index (χ0v) is 19.9. The molecular weight excluding hydrogens is 445 g/mol. The number of rotatable bonds is 7. The van der Waals surface area contributed by atoms with Crippen molar-refractivity contribution in [3.63, 3.8) is 0 Å². The van der Waals surface area contributed by atoms with Crippen LogP contribution in [0.2, 0.25) is 0 Å². The summed E-state index contributed by atoms with van der Waals surface area (Å²) in [5.74, 6) is 0.0845. The van der Waals surface area contributed by atoms with Gasteiger partial charge in [0.25, 0.3) is 0 Å². The molecule has 4 rings (SSSR count). The van der Waals surface area contributed by atoms with Gasteiger partial charge in [0, 0.05) is 63.0 Å². The van der Waals surface area contributed by atoms with Crippen LogP contribution in [0.4, 0.5) is 10.1 Å². The topological polar surface area (TPSA) is 70.2 Å². The number of ether oxygens (including phenoxy) is 1. The fraction of sp³-hybridized carbons (Fsp3) is 0.458. The molecular formula is C24H30FN3O4S. The van der Waals surface area contributed by atoms with Gasteiger partial charge in [-0.25, -0.2) is 12.8 Å². The summed E-state index contributed by atoms with van der Waals surface area (Å²) in [7, 11) is -2.32. The first-order valence-corrected chi connectivity index (χ1v) is 12.7. The lowest BCUT2D eigenvalue weighted by atomic mass is 9.93. The molecule has 0 aromatic heterocycles. The number of piperazine rings is 1. The van der Waals surface area contributed by atoms with Gasteiger partial charge in [0.2, 0.25) is 15.9 Å². The highest BCUT2D eigenvalue weighted by Crippen LogP contribution is 2.33. The summed E-state index contributed by atoms with van der Waals surface area (Å²) in [4.78, 5) is 15.5. The molecule has 0 radical (unpaired) electrons. The molecule has 2 aromatic carbocycles. The van der Waals surface area contributed by atoms with Crippen molar-refractivity contribution in [2.24, 2.45) is 0 Å². The Kier molecular flexibility index (Phi) is 6.90. The SMILES string of the molecule is COc1cccc(S(=O)(=O)N(Cc2ccc(N3CCN(C(C)=O)CC3)cc2F)C2CCC2)c1. The highest BCUT2D eigenvalue weighted by molar-refractivity contribution is 7.89. The average molecular weight is 476 g/mol.